The fraction of sp³-hybridized carbons (Fsp3) is 0.333. The van der Waals surface area contributed by atoms with Crippen molar-refractivity contribution in [2.75, 3.05) is 7.11 Å². The van der Waals surface area contributed by atoms with Gasteiger partial charge in [-0.1, -0.05) is 13.8 Å². The molecule has 0 fully saturated rings. The van der Waals surface area contributed by atoms with Gasteiger partial charge in [-0.15, -0.1) is 0 Å². The van der Waals surface area contributed by atoms with Gasteiger partial charge in [-0.05, 0) is 24.3 Å². The molecule has 1 heterocycles. The second-order valence-electron chi connectivity index (χ2n) is 4.68. The highest BCUT2D eigenvalue weighted by atomic mass is 16.5. The van der Waals surface area contributed by atoms with Gasteiger partial charge < -0.3 is 15.2 Å². The number of hydrogen-bond acceptors (Lipinski definition) is 5. The molecular formula is C15H19N3O2. The summed E-state index contributed by atoms with van der Waals surface area (Å²) in [5.74, 6) is 3.09. The highest BCUT2D eigenvalue weighted by molar-refractivity contribution is 5.36. The van der Waals surface area contributed by atoms with Crippen LogP contribution in [0.3, 0.4) is 0 Å². The Hall–Kier alpha value is -2.14. The molecule has 106 valence electrons. The van der Waals surface area contributed by atoms with Gasteiger partial charge in [0.25, 0.3) is 0 Å². The summed E-state index contributed by atoms with van der Waals surface area (Å²) < 4.78 is 10.9. The van der Waals surface area contributed by atoms with E-state index in [9.17, 15) is 0 Å². The number of methoxy groups -OCH3 is 1. The maximum atomic E-state index is 5.77. The molecule has 2 N–H and O–H groups in total. The largest absolute Gasteiger partial charge is 0.497 e. The van der Waals surface area contributed by atoms with Gasteiger partial charge in [0.1, 0.15) is 23.0 Å². The van der Waals surface area contributed by atoms with Crippen LogP contribution in [0.4, 0.5) is 0 Å². The molecule has 1 aromatic heterocycles. The second kappa shape index (κ2) is 6.34. The van der Waals surface area contributed by atoms with Gasteiger partial charge in [-0.25, -0.2) is 9.97 Å². The lowest BCUT2D eigenvalue weighted by molar-refractivity contribution is 0.412. The van der Waals surface area contributed by atoms with Gasteiger partial charge in [0.15, 0.2) is 5.75 Å². The van der Waals surface area contributed by atoms with E-state index < -0.39 is 0 Å². The van der Waals surface area contributed by atoms with Crippen molar-refractivity contribution in [2.24, 2.45) is 5.73 Å². The molecular weight excluding hydrogens is 254 g/mol. The first-order valence-corrected chi connectivity index (χ1v) is 6.51. The van der Waals surface area contributed by atoms with Crippen molar-refractivity contribution in [3.05, 3.63) is 42.0 Å². The Kier molecular flexibility index (Phi) is 4.53. The van der Waals surface area contributed by atoms with E-state index in [-0.39, 0.29) is 5.92 Å². The van der Waals surface area contributed by atoms with E-state index in [0.717, 1.165) is 11.6 Å². The SMILES string of the molecule is COc1ccc(Oc2cnc(C(C)C)nc2CN)cc1. The lowest BCUT2D eigenvalue weighted by atomic mass is 10.2. The Labute approximate surface area is 118 Å². The molecule has 0 radical (unpaired) electrons. The summed E-state index contributed by atoms with van der Waals surface area (Å²) in [6.07, 6.45) is 1.68. The Morgan fingerprint density at radius 3 is 2.35 bits per heavy atom. The smallest absolute Gasteiger partial charge is 0.168 e. The summed E-state index contributed by atoms with van der Waals surface area (Å²) in [4.78, 5) is 8.74. The van der Waals surface area contributed by atoms with Crippen LogP contribution in [0.1, 0.15) is 31.3 Å². The Bertz CT molecular complexity index is 568. The van der Waals surface area contributed by atoms with Crippen LogP contribution in [0, 0.1) is 0 Å². The van der Waals surface area contributed by atoms with Gasteiger partial charge in [-0.3, -0.25) is 0 Å². The number of rotatable bonds is 5. The molecule has 1 aromatic carbocycles. The van der Waals surface area contributed by atoms with Crippen LogP contribution in [0.5, 0.6) is 17.2 Å². The quantitative estimate of drug-likeness (QED) is 0.907. The van der Waals surface area contributed by atoms with E-state index in [1.54, 1.807) is 13.3 Å². The third kappa shape index (κ3) is 3.24. The first-order valence-electron chi connectivity index (χ1n) is 6.51. The third-order valence-corrected chi connectivity index (χ3v) is 2.84. The Morgan fingerprint density at radius 2 is 1.80 bits per heavy atom. The van der Waals surface area contributed by atoms with Crippen molar-refractivity contribution >= 4 is 0 Å². The van der Waals surface area contributed by atoms with E-state index in [0.29, 0.717) is 23.7 Å². The minimum absolute atomic E-state index is 0.260. The molecule has 2 rings (SSSR count). The highest BCUT2D eigenvalue weighted by Crippen LogP contribution is 2.26. The van der Waals surface area contributed by atoms with Crippen LogP contribution in [-0.4, -0.2) is 17.1 Å². The molecule has 0 spiro atoms. The van der Waals surface area contributed by atoms with E-state index in [1.807, 2.05) is 38.1 Å². The molecule has 0 bridgehead atoms. The highest BCUT2D eigenvalue weighted by Gasteiger charge is 2.10. The lowest BCUT2D eigenvalue weighted by Gasteiger charge is -2.11. The Morgan fingerprint density at radius 1 is 1.15 bits per heavy atom. The van der Waals surface area contributed by atoms with Gasteiger partial charge in [-0.2, -0.15) is 0 Å². The predicted octanol–water partition coefficient (Wildman–Crippen LogP) is 2.86. The summed E-state index contributed by atoms with van der Waals surface area (Å²) in [6, 6.07) is 7.33. The fourth-order valence-corrected chi connectivity index (χ4v) is 1.70. The third-order valence-electron chi connectivity index (χ3n) is 2.84. The van der Waals surface area contributed by atoms with Gasteiger partial charge in [0.2, 0.25) is 0 Å². The molecule has 0 atom stereocenters. The molecule has 0 saturated heterocycles. The normalized spacial score (nSPS) is 10.7. The minimum Gasteiger partial charge on any atom is -0.497 e. The molecule has 5 nitrogen and oxygen atoms in total. The summed E-state index contributed by atoms with van der Waals surface area (Å²) in [5.41, 5.74) is 6.44. The van der Waals surface area contributed by atoms with Crippen molar-refractivity contribution < 1.29 is 9.47 Å². The molecule has 0 aliphatic rings. The molecule has 0 aliphatic heterocycles. The Balaban J connectivity index is 2.23. The maximum Gasteiger partial charge on any atom is 0.168 e. The first kappa shape index (κ1) is 14.3. The number of aromatic nitrogens is 2. The van der Waals surface area contributed by atoms with Gasteiger partial charge >= 0.3 is 0 Å². The zero-order chi connectivity index (χ0) is 14.5. The average Bonchev–Trinajstić information content (AvgIpc) is 2.48. The van der Waals surface area contributed by atoms with Crippen LogP contribution in [0.15, 0.2) is 30.5 Å². The molecule has 0 saturated carbocycles. The molecule has 0 aliphatic carbocycles. The minimum atomic E-state index is 0.260. The standard InChI is InChI=1S/C15H19N3O2/c1-10(2)15-17-9-14(13(8-16)18-15)20-12-6-4-11(19-3)5-7-12/h4-7,9-10H,8,16H2,1-3H3. The maximum absolute atomic E-state index is 5.77. The van der Waals surface area contributed by atoms with Crippen molar-refractivity contribution in [3.8, 4) is 17.2 Å². The van der Waals surface area contributed by atoms with Crippen LogP contribution >= 0.6 is 0 Å². The van der Waals surface area contributed by atoms with E-state index >= 15 is 0 Å². The van der Waals surface area contributed by atoms with Crippen molar-refractivity contribution in [1.29, 1.82) is 0 Å². The van der Waals surface area contributed by atoms with Crippen LogP contribution in [-0.2, 0) is 6.54 Å². The molecule has 0 amide bonds. The molecule has 2 aromatic rings. The van der Waals surface area contributed by atoms with Crippen LogP contribution < -0.4 is 15.2 Å². The average molecular weight is 273 g/mol. The summed E-state index contributed by atoms with van der Waals surface area (Å²) >= 11 is 0. The van der Waals surface area contributed by atoms with Gasteiger partial charge in [0, 0.05) is 12.5 Å². The number of hydrogen-bond donors (Lipinski definition) is 1. The number of ether oxygens (including phenoxy) is 2. The van der Waals surface area contributed by atoms with Crippen molar-refractivity contribution in [2.45, 2.75) is 26.3 Å². The predicted molar refractivity (Wildman–Crippen MR) is 77.1 cm³/mol. The monoisotopic (exact) mass is 273 g/mol. The van der Waals surface area contributed by atoms with Gasteiger partial charge in [0.05, 0.1) is 13.3 Å². The fourth-order valence-electron chi connectivity index (χ4n) is 1.70. The van der Waals surface area contributed by atoms with Crippen LogP contribution in [0.2, 0.25) is 0 Å². The van der Waals surface area contributed by atoms with Crippen molar-refractivity contribution in [3.63, 3.8) is 0 Å². The summed E-state index contributed by atoms with van der Waals surface area (Å²) in [5, 5.41) is 0. The molecule has 5 heteroatoms. The van der Waals surface area contributed by atoms with E-state index in [2.05, 4.69) is 9.97 Å². The summed E-state index contributed by atoms with van der Waals surface area (Å²) in [6.45, 7) is 4.40. The van der Waals surface area contributed by atoms with E-state index in [1.165, 1.54) is 0 Å². The second-order valence-corrected chi connectivity index (χ2v) is 4.68. The van der Waals surface area contributed by atoms with Crippen LogP contribution in [0.25, 0.3) is 0 Å². The lowest BCUT2D eigenvalue weighted by Crippen LogP contribution is -2.07. The molecule has 20 heavy (non-hydrogen) atoms. The number of benzene rings is 1. The number of nitrogens with two attached hydrogens (primary N) is 1. The van der Waals surface area contributed by atoms with E-state index in [4.69, 9.17) is 15.2 Å². The number of nitrogens with zero attached hydrogens (tertiary/aromatic N) is 2. The topological polar surface area (TPSA) is 70.3 Å². The zero-order valence-electron chi connectivity index (χ0n) is 12.0. The molecule has 0 unspecified atom stereocenters. The summed E-state index contributed by atoms with van der Waals surface area (Å²) in [7, 11) is 1.63. The first-order chi connectivity index (χ1) is 9.63. The zero-order valence-corrected chi connectivity index (χ0v) is 12.0. The van der Waals surface area contributed by atoms with Crippen molar-refractivity contribution in [1.82, 2.24) is 9.97 Å².